The van der Waals surface area contributed by atoms with E-state index in [4.69, 9.17) is 4.52 Å². The highest BCUT2D eigenvalue weighted by molar-refractivity contribution is 5.82. The number of amides is 1. The van der Waals surface area contributed by atoms with Crippen molar-refractivity contribution in [2.45, 2.75) is 13.0 Å². The van der Waals surface area contributed by atoms with Crippen LogP contribution in [0.3, 0.4) is 0 Å². The zero-order chi connectivity index (χ0) is 17.8. The highest BCUT2D eigenvalue weighted by Gasteiger charge is 2.10. The molecule has 1 aromatic carbocycles. The average molecular weight is 345 g/mol. The van der Waals surface area contributed by atoms with Gasteiger partial charge in [0.1, 0.15) is 0 Å². The van der Waals surface area contributed by atoms with Gasteiger partial charge in [0.15, 0.2) is 0 Å². The molecule has 0 aliphatic heterocycles. The van der Waals surface area contributed by atoms with Crippen LogP contribution in [0.2, 0.25) is 0 Å². The molecule has 26 heavy (non-hydrogen) atoms. The third kappa shape index (κ3) is 3.56. The second-order valence-corrected chi connectivity index (χ2v) is 5.74. The van der Waals surface area contributed by atoms with Gasteiger partial charge in [-0.3, -0.25) is 14.8 Å². The van der Waals surface area contributed by atoms with Crippen LogP contribution in [0.5, 0.6) is 0 Å². The molecule has 0 unspecified atom stereocenters. The van der Waals surface area contributed by atoms with Crippen molar-refractivity contribution >= 4 is 16.8 Å². The quantitative estimate of drug-likeness (QED) is 0.597. The lowest BCUT2D eigenvalue weighted by Gasteiger charge is -2.04. The van der Waals surface area contributed by atoms with E-state index in [1.165, 1.54) is 0 Å². The number of nitrogens with zero attached hydrogens (tertiary/aromatic N) is 4. The largest absolute Gasteiger partial charge is 0.347 e. The number of carbonyl (C=O) groups is 1. The van der Waals surface area contributed by atoms with Crippen molar-refractivity contribution < 1.29 is 9.32 Å². The standard InChI is InChI=1S/C19H15N5O2/c25-17(10-13-9-15-3-1-2-4-16(15)21-11-13)22-12-18-23-19(24-26-18)14-5-7-20-8-6-14/h1-9,11H,10,12H2,(H,22,25). The molecule has 0 radical (unpaired) electrons. The molecule has 7 nitrogen and oxygen atoms in total. The van der Waals surface area contributed by atoms with Crippen LogP contribution in [0.4, 0.5) is 0 Å². The second kappa shape index (κ2) is 7.10. The monoisotopic (exact) mass is 345 g/mol. The number of aromatic nitrogens is 4. The van der Waals surface area contributed by atoms with Crippen molar-refractivity contribution in [1.29, 1.82) is 0 Å². The lowest BCUT2D eigenvalue weighted by molar-refractivity contribution is -0.120. The third-order valence-corrected chi connectivity index (χ3v) is 3.86. The Hall–Kier alpha value is -3.61. The minimum absolute atomic E-state index is 0.134. The summed E-state index contributed by atoms with van der Waals surface area (Å²) in [5.41, 5.74) is 2.57. The number of rotatable bonds is 5. The number of hydrogen-bond donors (Lipinski definition) is 1. The van der Waals surface area contributed by atoms with E-state index in [1.807, 2.05) is 30.3 Å². The highest BCUT2D eigenvalue weighted by atomic mass is 16.5. The number of pyridine rings is 2. The maximum atomic E-state index is 12.2. The summed E-state index contributed by atoms with van der Waals surface area (Å²) in [5, 5.41) is 7.70. The Morgan fingerprint density at radius 3 is 2.85 bits per heavy atom. The molecule has 128 valence electrons. The summed E-state index contributed by atoms with van der Waals surface area (Å²) >= 11 is 0. The van der Waals surface area contributed by atoms with E-state index in [9.17, 15) is 4.79 Å². The van der Waals surface area contributed by atoms with Gasteiger partial charge in [0.05, 0.1) is 18.5 Å². The summed E-state index contributed by atoms with van der Waals surface area (Å²) in [7, 11) is 0. The maximum Gasteiger partial charge on any atom is 0.246 e. The zero-order valence-electron chi connectivity index (χ0n) is 13.8. The predicted octanol–water partition coefficient (Wildman–Crippen LogP) is 2.54. The van der Waals surface area contributed by atoms with Crippen molar-refractivity contribution in [2.24, 2.45) is 0 Å². The second-order valence-electron chi connectivity index (χ2n) is 5.74. The summed E-state index contributed by atoms with van der Waals surface area (Å²) in [6, 6.07) is 13.4. The Morgan fingerprint density at radius 1 is 1.12 bits per heavy atom. The van der Waals surface area contributed by atoms with Crippen LogP contribution in [-0.2, 0) is 17.8 Å². The molecule has 3 heterocycles. The molecule has 0 aliphatic rings. The molecule has 0 saturated carbocycles. The van der Waals surface area contributed by atoms with Crippen LogP contribution >= 0.6 is 0 Å². The van der Waals surface area contributed by atoms with Crippen molar-refractivity contribution in [3.63, 3.8) is 0 Å². The first-order valence-corrected chi connectivity index (χ1v) is 8.11. The summed E-state index contributed by atoms with van der Waals surface area (Å²) < 4.78 is 5.17. The summed E-state index contributed by atoms with van der Waals surface area (Å²) in [6.07, 6.45) is 5.27. The van der Waals surface area contributed by atoms with Gasteiger partial charge in [0.2, 0.25) is 17.6 Å². The first-order valence-electron chi connectivity index (χ1n) is 8.11. The average Bonchev–Trinajstić information content (AvgIpc) is 3.16. The molecule has 0 spiro atoms. The lowest BCUT2D eigenvalue weighted by atomic mass is 10.1. The van der Waals surface area contributed by atoms with Gasteiger partial charge in [-0.05, 0) is 29.8 Å². The van der Waals surface area contributed by atoms with Gasteiger partial charge >= 0.3 is 0 Å². The Balaban J connectivity index is 1.37. The van der Waals surface area contributed by atoms with Crippen LogP contribution in [0.1, 0.15) is 11.5 Å². The fourth-order valence-electron chi connectivity index (χ4n) is 2.58. The summed E-state index contributed by atoms with van der Waals surface area (Å²) in [4.78, 5) is 24.7. The van der Waals surface area contributed by atoms with E-state index in [0.29, 0.717) is 11.7 Å². The minimum atomic E-state index is -0.134. The molecule has 3 aromatic heterocycles. The van der Waals surface area contributed by atoms with Gasteiger partial charge in [-0.15, -0.1) is 0 Å². The van der Waals surface area contributed by atoms with E-state index < -0.39 is 0 Å². The molecule has 0 saturated heterocycles. The minimum Gasteiger partial charge on any atom is -0.347 e. The van der Waals surface area contributed by atoms with Crippen molar-refractivity contribution in [2.75, 3.05) is 0 Å². The van der Waals surface area contributed by atoms with Gasteiger partial charge in [-0.25, -0.2) is 0 Å². The number of benzene rings is 1. The first kappa shape index (κ1) is 15.9. The molecule has 1 N–H and O–H groups in total. The molecule has 0 atom stereocenters. The summed E-state index contributed by atoms with van der Waals surface area (Å²) in [5.74, 6) is 0.683. The van der Waals surface area contributed by atoms with E-state index >= 15 is 0 Å². The zero-order valence-corrected chi connectivity index (χ0v) is 13.8. The lowest BCUT2D eigenvalue weighted by Crippen LogP contribution is -2.24. The van der Waals surface area contributed by atoms with Crippen LogP contribution in [0.25, 0.3) is 22.3 Å². The molecule has 0 aliphatic carbocycles. The first-order chi connectivity index (χ1) is 12.8. The van der Waals surface area contributed by atoms with Crippen molar-refractivity contribution in [3.8, 4) is 11.4 Å². The molecular formula is C19H15N5O2. The molecular weight excluding hydrogens is 330 g/mol. The smallest absolute Gasteiger partial charge is 0.246 e. The summed E-state index contributed by atoms with van der Waals surface area (Å²) in [6.45, 7) is 0.178. The molecule has 4 aromatic rings. The Labute approximate surface area is 149 Å². The van der Waals surface area contributed by atoms with E-state index in [0.717, 1.165) is 22.0 Å². The highest BCUT2D eigenvalue weighted by Crippen LogP contribution is 2.14. The fourth-order valence-corrected chi connectivity index (χ4v) is 2.58. The normalized spacial score (nSPS) is 10.8. The molecule has 7 heteroatoms. The van der Waals surface area contributed by atoms with Crippen LogP contribution in [-0.4, -0.2) is 26.0 Å². The van der Waals surface area contributed by atoms with Gasteiger partial charge < -0.3 is 9.84 Å². The van der Waals surface area contributed by atoms with Crippen molar-refractivity contribution in [1.82, 2.24) is 25.4 Å². The number of nitrogens with one attached hydrogen (secondary N) is 1. The third-order valence-electron chi connectivity index (χ3n) is 3.86. The SMILES string of the molecule is O=C(Cc1cnc2ccccc2c1)NCc1nc(-c2ccncc2)no1. The molecule has 4 rings (SSSR count). The Kier molecular flexibility index (Phi) is 4.34. The number of fused-ring (bicyclic) bond motifs is 1. The fraction of sp³-hybridized carbons (Fsp3) is 0.105. The van der Waals surface area contributed by atoms with Gasteiger partial charge in [0, 0.05) is 29.5 Å². The van der Waals surface area contributed by atoms with Crippen LogP contribution in [0.15, 0.2) is 65.6 Å². The van der Waals surface area contributed by atoms with Crippen LogP contribution in [0, 0.1) is 0 Å². The maximum absolute atomic E-state index is 12.2. The number of hydrogen-bond acceptors (Lipinski definition) is 6. The topological polar surface area (TPSA) is 93.8 Å². The van der Waals surface area contributed by atoms with E-state index in [1.54, 1.807) is 30.7 Å². The number of para-hydroxylation sites is 1. The van der Waals surface area contributed by atoms with Crippen LogP contribution < -0.4 is 5.32 Å². The van der Waals surface area contributed by atoms with Crippen molar-refractivity contribution in [3.05, 3.63) is 72.5 Å². The Morgan fingerprint density at radius 2 is 1.96 bits per heavy atom. The van der Waals surface area contributed by atoms with E-state index in [2.05, 4.69) is 25.4 Å². The molecule has 0 fully saturated rings. The molecule has 1 amide bonds. The van der Waals surface area contributed by atoms with E-state index in [-0.39, 0.29) is 18.9 Å². The van der Waals surface area contributed by atoms with Gasteiger partial charge in [-0.2, -0.15) is 4.98 Å². The Bertz CT molecular complexity index is 1050. The van der Waals surface area contributed by atoms with Gasteiger partial charge in [0.25, 0.3) is 0 Å². The number of carbonyl (C=O) groups excluding carboxylic acids is 1. The molecule has 0 bridgehead atoms. The van der Waals surface area contributed by atoms with Gasteiger partial charge in [-0.1, -0.05) is 23.4 Å². The predicted molar refractivity (Wildman–Crippen MR) is 94.8 cm³/mol.